The van der Waals surface area contributed by atoms with Gasteiger partial charge in [-0.15, -0.1) is 0 Å². The fraction of sp³-hybridized carbons (Fsp3) is 0.846. The topological polar surface area (TPSA) is 70.1 Å². The highest BCUT2D eigenvalue weighted by Gasteiger charge is 2.33. The minimum Gasteiger partial charge on any atom is -0.481 e. The quantitative estimate of drug-likeness (QED) is 0.809. The van der Waals surface area contributed by atoms with E-state index in [-0.39, 0.29) is 18.5 Å². The molecule has 6 nitrogen and oxygen atoms in total. The summed E-state index contributed by atoms with van der Waals surface area (Å²) in [5.41, 5.74) is 0. The van der Waals surface area contributed by atoms with Gasteiger partial charge in [0.2, 0.25) is 0 Å². The van der Waals surface area contributed by atoms with Gasteiger partial charge in [-0.1, -0.05) is 0 Å². The normalized spacial score (nSPS) is 23.2. The predicted molar refractivity (Wildman–Crippen MR) is 68.9 cm³/mol. The van der Waals surface area contributed by atoms with Crippen molar-refractivity contribution in [1.82, 2.24) is 9.80 Å². The molecule has 0 spiro atoms. The smallest absolute Gasteiger partial charge is 0.320 e. The number of carboxylic acids is 1. The third-order valence-electron chi connectivity index (χ3n) is 3.71. The zero-order valence-corrected chi connectivity index (χ0v) is 11.4. The molecule has 0 radical (unpaired) electrons. The molecule has 2 rings (SSSR count). The Morgan fingerprint density at radius 3 is 2.74 bits per heavy atom. The second-order valence-electron chi connectivity index (χ2n) is 5.28. The number of carboxylic acid groups (broad SMARTS) is 1. The Labute approximate surface area is 113 Å². The first-order valence-electron chi connectivity index (χ1n) is 6.97. The molecule has 0 aromatic heterocycles. The van der Waals surface area contributed by atoms with E-state index < -0.39 is 5.97 Å². The van der Waals surface area contributed by atoms with Crippen molar-refractivity contribution in [3.63, 3.8) is 0 Å². The van der Waals surface area contributed by atoms with Crippen molar-refractivity contribution in [2.45, 2.75) is 32.2 Å². The van der Waals surface area contributed by atoms with Crippen LogP contribution in [0.4, 0.5) is 4.79 Å². The number of carbonyl (C=O) groups excluding carboxylic acids is 1. The van der Waals surface area contributed by atoms with Gasteiger partial charge in [-0.25, -0.2) is 4.79 Å². The lowest BCUT2D eigenvalue weighted by Crippen LogP contribution is -2.54. The monoisotopic (exact) mass is 270 g/mol. The Hall–Kier alpha value is -1.30. The van der Waals surface area contributed by atoms with Crippen LogP contribution < -0.4 is 0 Å². The molecule has 0 aromatic rings. The highest BCUT2D eigenvalue weighted by atomic mass is 16.5. The van der Waals surface area contributed by atoms with Crippen molar-refractivity contribution in [2.75, 3.05) is 32.8 Å². The lowest BCUT2D eigenvalue weighted by atomic mass is 10.1. The maximum atomic E-state index is 12.5. The summed E-state index contributed by atoms with van der Waals surface area (Å²) in [5, 5.41) is 8.91. The zero-order chi connectivity index (χ0) is 13.8. The molecule has 1 aliphatic carbocycles. The molecule has 108 valence electrons. The van der Waals surface area contributed by atoms with Crippen LogP contribution in [0.3, 0.4) is 0 Å². The van der Waals surface area contributed by atoms with Crippen LogP contribution in [0.25, 0.3) is 0 Å². The summed E-state index contributed by atoms with van der Waals surface area (Å²) in [7, 11) is 0. The highest BCUT2D eigenvalue weighted by molar-refractivity contribution is 5.76. The summed E-state index contributed by atoms with van der Waals surface area (Å²) >= 11 is 0. The summed E-state index contributed by atoms with van der Waals surface area (Å²) in [5.74, 6) is -0.249. The standard InChI is InChI=1S/C13H22N2O4/c1-2-14(8-10-3-4-10)13(18)15-5-6-19-9-11(15)7-12(16)17/h10-11H,2-9H2,1H3,(H,16,17). The van der Waals surface area contributed by atoms with Crippen molar-refractivity contribution in [3.8, 4) is 0 Å². The number of morpholine rings is 1. The van der Waals surface area contributed by atoms with Crippen molar-refractivity contribution in [2.24, 2.45) is 5.92 Å². The van der Waals surface area contributed by atoms with E-state index in [0.717, 1.165) is 6.54 Å². The van der Waals surface area contributed by atoms with Gasteiger partial charge in [0.05, 0.1) is 25.7 Å². The van der Waals surface area contributed by atoms with Gasteiger partial charge in [0, 0.05) is 19.6 Å². The molecule has 19 heavy (non-hydrogen) atoms. The SMILES string of the molecule is CCN(CC1CC1)C(=O)N1CCOCC1CC(=O)O. The van der Waals surface area contributed by atoms with Gasteiger partial charge in [-0.3, -0.25) is 4.79 Å². The van der Waals surface area contributed by atoms with E-state index in [9.17, 15) is 9.59 Å². The molecule has 0 aromatic carbocycles. The van der Waals surface area contributed by atoms with E-state index in [1.165, 1.54) is 12.8 Å². The average molecular weight is 270 g/mol. The van der Waals surface area contributed by atoms with Gasteiger partial charge in [0.1, 0.15) is 0 Å². The number of ether oxygens (including phenoxy) is 1. The summed E-state index contributed by atoms with van der Waals surface area (Å²) in [6.07, 6.45) is 2.35. The first kappa shape index (κ1) is 14.1. The highest BCUT2D eigenvalue weighted by Crippen LogP contribution is 2.30. The van der Waals surface area contributed by atoms with Crippen molar-refractivity contribution in [1.29, 1.82) is 0 Å². The number of hydrogen-bond donors (Lipinski definition) is 1. The van der Waals surface area contributed by atoms with E-state index >= 15 is 0 Å². The fourth-order valence-corrected chi connectivity index (χ4v) is 2.41. The van der Waals surface area contributed by atoms with Crippen LogP contribution in [0.2, 0.25) is 0 Å². The molecule has 1 aliphatic heterocycles. The van der Waals surface area contributed by atoms with Crippen molar-refractivity contribution < 1.29 is 19.4 Å². The van der Waals surface area contributed by atoms with Crippen LogP contribution in [0.1, 0.15) is 26.2 Å². The minimum atomic E-state index is -0.890. The molecular weight excluding hydrogens is 248 g/mol. The number of aliphatic carboxylic acids is 1. The number of urea groups is 1. The Morgan fingerprint density at radius 1 is 1.42 bits per heavy atom. The molecule has 1 heterocycles. The first-order chi connectivity index (χ1) is 9.11. The third-order valence-corrected chi connectivity index (χ3v) is 3.71. The first-order valence-corrected chi connectivity index (χ1v) is 6.97. The molecule has 1 N–H and O–H groups in total. The molecule has 0 bridgehead atoms. The van der Waals surface area contributed by atoms with Gasteiger partial charge >= 0.3 is 12.0 Å². The van der Waals surface area contributed by atoms with E-state index in [0.29, 0.717) is 32.2 Å². The maximum absolute atomic E-state index is 12.5. The number of nitrogens with zero attached hydrogens (tertiary/aromatic N) is 2. The van der Waals surface area contributed by atoms with Gasteiger partial charge < -0.3 is 19.6 Å². The van der Waals surface area contributed by atoms with Gasteiger partial charge in [-0.05, 0) is 25.7 Å². The van der Waals surface area contributed by atoms with Crippen LogP contribution >= 0.6 is 0 Å². The molecular formula is C13H22N2O4. The summed E-state index contributed by atoms with van der Waals surface area (Å²) in [6, 6.07) is -0.379. The van der Waals surface area contributed by atoms with Crippen LogP contribution in [-0.4, -0.2) is 65.8 Å². The molecule has 1 unspecified atom stereocenters. The zero-order valence-electron chi connectivity index (χ0n) is 11.4. The van der Waals surface area contributed by atoms with E-state index in [4.69, 9.17) is 9.84 Å². The number of amides is 2. The van der Waals surface area contributed by atoms with Crippen LogP contribution in [0.15, 0.2) is 0 Å². The van der Waals surface area contributed by atoms with Gasteiger partial charge in [0.15, 0.2) is 0 Å². The van der Waals surface area contributed by atoms with Crippen LogP contribution in [0, 0.1) is 5.92 Å². The fourth-order valence-electron chi connectivity index (χ4n) is 2.41. The second-order valence-corrected chi connectivity index (χ2v) is 5.28. The van der Waals surface area contributed by atoms with Crippen LogP contribution in [-0.2, 0) is 9.53 Å². The van der Waals surface area contributed by atoms with E-state index in [1.54, 1.807) is 4.90 Å². The minimum absolute atomic E-state index is 0.0380. The van der Waals surface area contributed by atoms with E-state index in [1.807, 2.05) is 11.8 Å². The Balaban J connectivity index is 1.98. The average Bonchev–Trinajstić information content (AvgIpc) is 3.19. The number of hydrogen-bond acceptors (Lipinski definition) is 3. The Morgan fingerprint density at radius 2 is 2.16 bits per heavy atom. The summed E-state index contributed by atoms with van der Waals surface area (Å²) in [4.78, 5) is 26.8. The second kappa shape index (κ2) is 6.23. The molecule has 2 amide bonds. The third kappa shape index (κ3) is 3.83. The number of rotatable bonds is 5. The predicted octanol–water partition coefficient (Wildman–Crippen LogP) is 1.01. The molecule has 2 aliphatic rings. The summed E-state index contributed by atoms with van der Waals surface area (Å²) < 4.78 is 5.29. The van der Waals surface area contributed by atoms with Gasteiger partial charge in [0.25, 0.3) is 0 Å². The lowest BCUT2D eigenvalue weighted by Gasteiger charge is -2.38. The largest absolute Gasteiger partial charge is 0.481 e. The molecule has 6 heteroatoms. The van der Waals surface area contributed by atoms with Crippen molar-refractivity contribution in [3.05, 3.63) is 0 Å². The summed E-state index contributed by atoms with van der Waals surface area (Å²) in [6.45, 7) is 4.73. The molecule has 1 saturated heterocycles. The van der Waals surface area contributed by atoms with Crippen molar-refractivity contribution >= 4 is 12.0 Å². The Kier molecular flexibility index (Phi) is 4.63. The number of carbonyl (C=O) groups is 2. The molecule has 1 saturated carbocycles. The molecule has 2 fully saturated rings. The molecule has 1 atom stereocenters. The maximum Gasteiger partial charge on any atom is 0.320 e. The van der Waals surface area contributed by atoms with Gasteiger partial charge in [-0.2, -0.15) is 0 Å². The lowest BCUT2D eigenvalue weighted by molar-refractivity contribution is -0.139. The Bertz CT molecular complexity index is 344. The van der Waals surface area contributed by atoms with Crippen LogP contribution in [0.5, 0.6) is 0 Å². The van der Waals surface area contributed by atoms with E-state index in [2.05, 4.69) is 0 Å².